The Morgan fingerprint density at radius 1 is 1.17 bits per heavy atom. The number of hydrogen-bond acceptors (Lipinski definition) is 4. The molecule has 0 bridgehead atoms. The highest BCUT2D eigenvalue weighted by atomic mass is 35.5. The molecule has 7 heteroatoms. The molecule has 0 radical (unpaired) electrons. The van der Waals surface area contributed by atoms with E-state index in [0.29, 0.717) is 23.0 Å². The van der Waals surface area contributed by atoms with Crippen molar-refractivity contribution >= 4 is 29.0 Å². The van der Waals surface area contributed by atoms with Gasteiger partial charge in [0.15, 0.2) is 0 Å². The molecule has 0 atom stereocenters. The average molecular weight is 331 g/mol. The Morgan fingerprint density at radius 3 is 2.70 bits per heavy atom. The van der Waals surface area contributed by atoms with Gasteiger partial charge in [-0.25, -0.2) is 10.5 Å². The summed E-state index contributed by atoms with van der Waals surface area (Å²) in [6, 6.07) is 15.3. The lowest BCUT2D eigenvalue weighted by Gasteiger charge is -2.09. The fourth-order valence-corrected chi connectivity index (χ4v) is 2.64. The van der Waals surface area contributed by atoms with Crippen molar-refractivity contribution in [2.24, 2.45) is 0 Å². The first-order chi connectivity index (χ1) is 11.2. The molecule has 1 amide bonds. The molecular formula is C16H15ClN4O2. The van der Waals surface area contributed by atoms with Gasteiger partial charge in [-0.05, 0) is 17.7 Å². The van der Waals surface area contributed by atoms with Crippen LogP contribution in [0.25, 0.3) is 5.65 Å². The van der Waals surface area contributed by atoms with Crippen molar-refractivity contribution in [1.82, 2.24) is 14.9 Å². The van der Waals surface area contributed by atoms with E-state index in [1.54, 1.807) is 15.9 Å². The molecule has 0 fully saturated rings. The number of hydroxylamine groups is 1. The van der Waals surface area contributed by atoms with Gasteiger partial charge in [0, 0.05) is 6.42 Å². The van der Waals surface area contributed by atoms with E-state index in [9.17, 15) is 4.79 Å². The van der Waals surface area contributed by atoms with Gasteiger partial charge in [0.2, 0.25) is 0 Å². The molecule has 118 valence electrons. The van der Waals surface area contributed by atoms with Crippen LogP contribution in [0, 0.1) is 0 Å². The summed E-state index contributed by atoms with van der Waals surface area (Å²) in [6.45, 7) is -0.0860. The number of rotatable bonds is 5. The molecule has 0 unspecified atom stereocenters. The highest BCUT2D eigenvalue weighted by Gasteiger charge is 2.15. The number of imidazole rings is 1. The van der Waals surface area contributed by atoms with Gasteiger partial charge in [0.1, 0.15) is 16.6 Å². The number of halogens is 1. The van der Waals surface area contributed by atoms with E-state index >= 15 is 0 Å². The molecule has 3 aromatic rings. The number of anilines is 1. The number of fused-ring (bicyclic) bond motifs is 1. The zero-order chi connectivity index (χ0) is 16.2. The minimum absolute atomic E-state index is 0.0860. The molecule has 0 aliphatic rings. The van der Waals surface area contributed by atoms with E-state index in [1.165, 1.54) is 0 Å². The minimum Gasteiger partial charge on any atom is -0.360 e. The summed E-state index contributed by atoms with van der Waals surface area (Å²) in [5.74, 6) is 0.0933. The molecule has 3 rings (SSSR count). The standard InChI is InChI=1S/C16H15ClN4O2/c17-13-7-4-8-14-19-12(9-11-5-2-1-3-6-11)16(21(13)14)18-10-15(22)20-23/h1-8,18,23H,9-10H2,(H,20,22). The Balaban J connectivity index is 2.01. The molecule has 23 heavy (non-hydrogen) atoms. The average Bonchev–Trinajstić information content (AvgIpc) is 2.92. The van der Waals surface area contributed by atoms with Crippen molar-refractivity contribution in [1.29, 1.82) is 0 Å². The van der Waals surface area contributed by atoms with E-state index in [2.05, 4.69) is 10.3 Å². The third kappa shape index (κ3) is 3.28. The number of nitrogens with zero attached hydrogens (tertiary/aromatic N) is 2. The predicted molar refractivity (Wildman–Crippen MR) is 87.9 cm³/mol. The SMILES string of the molecule is O=C(CNc1c(Cc2ccccc2)nc2cccc(Cl)n12)NO. The Morgan fingerprint density at radius 2 is 1.96 bits per heavy atom. The molecule has 0 saturated carbocycles. The lowest BCUT2D eigenvalue weighted by Crippen LogP contribution is -2.27. The van der Waals surface area contributed by atoms with Gasteiger partial charge < -0.3 is 5.32 Å². The molecule has 0 spiro atoms. The summed E-state index contributed by atoms with van der Waals surface area (Å²) >= 11 is 6.26. The largest absolute Gasteiger partial charge is 0.360 e. The second-order valence-corrected chi connectivity index (χ2v) is 5.39. The van der Waals surface area contributed by atoms with Gasteiger partial charge in [0.25, 0.3) is 5.91 Å². The van der Waals surface area contributed by atoms with E-state index in [-0.39, 0.29) is 6.54 Å². The van der Waals surface area contributed by atoms with Crippen LogP contribution in [0.4, 0.5) is 5.82 Å². The summed E-state index contributed by atoms with van der Waals surface area (Å²) in [7, 11) is 0. The number of aromatic nitrogens is 2. The van der Waals surface area contributed by atoms with Crippen LogP contribution in [0.1, 0.15) is 11.3 Å². The van der Waals surface area contributed by atoms with Crippen molar-refractivity contribution in [2.75, 3.05) is 11.9 Å². The lowest BCUT2D eigenvalue weighted by molar-refractivity contribution is -0.127. The molecule has 3 N–H and O–H groups in total. The molecule has 1 aromatic carbocycles. The number of pyridine rings is 1. The summed E-state index contributed by atoms with van der Waals surface area (Å²) in [5, 5.41) is 12.1. The van der Waals surface area contributed by atoms with Crippen LogP contribution in [0.2, 0.25) is 5.15 Å². The second kappa shape index (κ2) is 6.68. The smallest absolute Gasteiger partial charge is 0.262 e. The molecular weight excluding hydrogens is 316 g/mol. The van der Waals surface area contributed by atoms with Crippen LogP contribution >= 0.6 is 11.6 Å². The molecule has 0 saturated heterocycles. The number of carbonyl (C=O) groups is 1. The lowest BCUT2D eigenvalue weighted by atomic mass is 10.1. The number of benzene rings is 1. The summed E-state index contributed by atoms with van der Waals surface area (Å²) in [4.78, 5) is 15.9. The predicted octanol–water partition coefficient (Wildman–Crippen LogP) is 2.50. The first kappa shape index (κ1) is 15.3. The summed E-state index contributed by atoms with van der Waals surface area (Å²) < 4.78 is 1.74. The van der Waals surface area contributed by atoms with Crippen molar-refractivity contribution < 1.29 is 10.0 Å². The maximum absolute atomic E-state index is 11.3. The van der Waals surface area contributed by atoms with Crippen LogP contribution in [-0.4, -0.2) is 27.0 Å². The first-order valence-electron chi connectivity index (χ1n) is 7.05. The van der Waals surface area contributed by atoms with Gasteiger partial charge in [-0.2, -0.15) is 0 Å². The van der Waals surface area contributed by atoms with Crippen LogP contribution in [0.3, 0.4) is 0 Å². The fraction of sp³-hybridized carbons (Fsp3) is 0.125. The van der Waals surface area contributed by atoms with Crippen LogP contribution in [-0.2, 0) is 11.2 Å². The molecule has 2 heterocycles. The topological polar surface area (TPSA) is 78.7 Å². The van der Waals surface area contributed by atoms with Crippen LogP contribution in [0.5, 0.6) is 0 Å². The third-order valence-corrected chi connectivity index (χ3v) is 3.72. The van der Waals surface area contributed by atoms with Crippen molar-refractivity contribution in [3.05, 3.63) is 64.9 Å². The zero-order valence-corrected chi connectivity index (χ0v) is 12.9. The highest BCUT2D eigenvalue weighted by Crippen LogP contribution is 2.25. The fourth-order valence-electron chi connectivity index (χ4n) is 2.40. The van der Waals surface area contributed by atoms with E-state index in [4.69, 9.17) is 16.8 Å². The van der Waals surface area contributed by atoms with Gasteiger partial charge in [-0.1, -0.05) is 48.0 Å². The van der Waals surface area contributed by atoms with Crippen LogP contribution < -0.4 is 10.8 Å². The Hall–Kier alpha value is -2.57. The number of carbonyl (C=O) groups excluding carboxylic acids is 1. The normalized spacial score (nSPS) is 10.7. The molecule has 2 aromatic heterocycles. The van der Waals surface area contributed by atoms with Gasteiger partial charge >= 0.3 is 0 Å². The molecule has 6 nitrogen and oxygen atoms in total. The maximum Gasteiger partial charge on any atom is 0.262 e. The van der Waals surface area contributed by atoms with Gasteiger partial charge in [-0.3, -0.25) is 14.4 Å². The Labute approximate surface area is 137 Å². The maximum atomic E-state index is 11.3. The van der Waals surface area contributed by atoms with Crippen molar-refractivity contribution in [2.45, 2.75) is 6.42 Å². The monoisotopic (exact) mass is 330 g/mol. The summed E-state index contributed by atoms with van der Waals surface area (Å²) in [5.41, 5.74) is 4.16. The van der Waals surface area contributed by atoms with Crippen LogP contribution in [0.15, 0.2) is 48.5 Å². The Kier molecular flexibility index (Phi) is 4.45. The quantitative estimate of drug-likeness (QED) is 0.381. The number of hydrogen-bond donors (Lipinski definition) is 3. The zero-order valence-electron chi connectivity index (χ0n) is 12.2. The molecule has 0 aliphatic heterocycles. The van der Waals surface area contributed by atoms with Crippen molar-refractivity contribution in [3.63, 3.8) is 0 Å². The van der Waals surface area contributed by atoms with Gasteiger partial charge in [-0.15, -0.1) is 0 Å². The first-order valence-corrected chi connectivity index (χ1v) is 7.43. The Bertz CT molecular complexity index is 833. The van der Waals surface area contributed by atoms with E-state index in [0.717, 1.165) is 11.3 Å². The van der Waals surface area contributed by atoms with Crippen molar-refractivity contribution in [3.8, 4) is 0 Å². The highest BCUT2D eigenvalue weighted by molar-refractivity contribution is 6.30. The van der Waals surface area contributed by atoms with Gasteiger partial charge in [0.05, 0.1) is 12.2 Å². The van der Waals surface area contributed by atoms with E-state index < -0.39 is 5.91 Å². The number of amides is 1. The minimum atomic E-state index is -0.544. The third-order valence-electron chi connectivity index (χ3n) is 3.42. The number of nitrogens with one attached hydrogen (secondary N) is 2. The second-order valence-electron chi connectivity index (χ2n) is 5.00. The summed E-state index contributed by atoms with van der Waals surface area (Å²) in [6.07, 6.45) is 0.599. The van der Waals surface area contributed by atoms with E-state index in [1.807, 2.05) is 42.5 Å². The molecule has 0 aliphatic carbocycles.